The Morgan fingerprint density at radius 2 is 1.93 bits per heavy atom. The maximum Gasteiger partial charge on any atom is 0.305 e. The summed E-state index contributed by atoms with van der Waals surface area (Å²) in [5.41, 5.74) is 4.75. The standard InChI is InChI=1S/C19H32N4O5S/c1-4-12-29(26,27)23-11-7-8-15(13-23)18(24)20-21-19(25)17-10-9-16(28-17)14-22(5-2)6-3/h9-10,15H,4-8,11-14H2,1-3H3,(H,20,24)(H,21,25). The lowest BCUT2D eigenvalue weighted by molar-refractivity contribution is -0.126. The lowest BCUT2D eigenvalue weighted by Gasteiger charge is -2.31. The molecule has 2 heterocycles. The normalized spacial score (nSPS) is 18.0. The molecule has 1 fully saturated rings. The second kappa shape index (κ2) is 10.7. The Morgan fingerprint density at radius 1 is 1.21 bits per heavy atom. The van der Waals surface area contributed by atoms with Crippen molar-refractivity contribution >= 4 is 21.8 Å². The largest absolute Gasteiger partial charge is 0.454 e. The topological polar surface area (TPSA) is 112 Å². The van der Waals surface area contributed by atoms with Gasteiger partial charge in [0.1, 0.15) is 5.76 Å². The van der Waals surface area contributed by atoms with Gasteiger partial charge in [0.15, 0.2) is 5.76 Å². The molecule has 1 aliphatic heterocycles. The van der Waals surface area contributed by atoms with Crippen LogP contribution in [-0.2, 0) is 21.4 Å². The highest BCUT2D eigenvalue weighted by Gasteiger charge is 2.32. The molecule has 10 heteroatoms. The molecule has 9 nitrogen and oxygen atoms in total. The number of nitrogens with zero attached hydrogens (tertiary/aromatic N) is 2. The number of nitrogens with one attached hydrogen (secondary N) is 2. The van der Waals surface area contributed by atoms with Crippen LogP contribution in [-0.4, -0.2) is 61.4 Å². The van der Waals surface area contributed by atoms with E-state index in [2.05, 4.69) is 29.6 Å². The highest BCUT2D eigenvalue weighted by molar-refractivity contribution is 7.89. The summed E-state index contributed by atoms with van der Waals surface area (Å²) in [6.07, 6.45) is 1.72. The van der Waals surface area contributed by atoms with Crippen LogP contribution >= 0.6 is 0 Å². The van der Waals surface area contributed by atoms with Crippen molar-refractivity contribution in [1.82, 2.24) is 20.1 Å². The van der Waals surface area contributed by atoms with Gasteiger partial charge in [-0.25, -0.2) is 12.7 Å². The van der Waals surface area contributed by atoms with Crippen LogP contribution in [0.25, 0.3) is 0 Å². The van der Waals surface area contributed by atoms with Crippen LogP contribution in [0.4, 0.5) is 0 Å². The van der Waals surface area contributed by atoms with Crippen molar-refractivity contribution < 1.29 is 22.4 Å². The molecular weight excluding hydrogens is 396 g/mol. The third kappa shape index (κ3) is 6.55. The van der Waals surface area contributed by atoms with Gasteiger partial charge < -0.3 is 4.42 Å². The zero-order valence-corrected chi connectivity index (χ0v) is 18.3. The Labute approximate surface area is 172 Å². The van der Waals surface area contributed by atoms with E-state index >= 15 is 0 Å². The van der Waals surface area contributed by atoms with E-state index in [1.165, 1.54) is 4.31 Å². The Hall–Kier alpha value is -1.91. The predicted molar refractivity (Wildman–Crippen MR) is 109 cm³/mol. The quantitative estimate of drug-likeness (QED) is 0.574. The third-order valence-electron chi connectivity index (χ3n) is 5.07. The van der Waals surface area contributed by atoms with Crippen molar-refractivity contribution in [3.05, 3.63) is 23.7 Å². The van der Waals surface area contributed by atoms with Crippen molar-refractivity contribution in [3.8, 4) is 0 Å². The average Bonchev–Trinajstić information content (AvgIpc) is 3.18. The molecule has 2 amide bonds. The second-order valence-corrected chi connectivity index (χ2v) is 9.27. The van der Waals surface area contributed by atoms with E-state index in [4.69, 9.17) is 4.42 Å². The summed E-state index contributed by atoms with van der Waals surface area (Å²) in [4.78, 5) is 26.8. The van der Waals surface area contributed by atoms with Gasteiger partial charge in [0.2, 0.25) is 15.9 Å². The summed E-state index contributed by atoms with van der Waals surface area (Å²) in [6, 6.07) is 3.31. The van der Waals surface area contributed by atoms with Crippen molar-refractivity contribution in [2.75, 3.05) is 31.9 Å². The molecule has 1 aromatic rings. The molecule has 1 atom stereocenters. The first-order valence-electron chi connectivity index (χ1n) is 10.2. The summed E-state index contributed by atoms with van der Waals surface area (Å²) < 4.78 is 31.4. The first-order chi connectivity index (χ1) is 13.8. The summed E-state index contributed by atoms with van der Waals surface area (Å²) >= 11 is 0. The SMILES string of the molecule is CCCS(=O)(=O)N1CCCC(C(=O)NNC(=O)c2ccc(CN(CC)CC)o2)C1. The summed E-state index contributed by atoms with van der Waals surface area (Å²) in [7, 11) is -3.34. The molecule has 0 radical (unpaired) electrons. The number of sulfonamides is 1. The number of piperidine rings is 1. The fourth-order valence-corrected chi connectivity index (χ4v) is 4.92. The van der Waals surface area contributed by atoms with E-state index in [-0.39, 0.29) is 18.1 Å². The minimum absolute atomic E-state index is 0.0758. The second-order valence-electron chi connectivity index (χ2n) is 7.18. The summed E-state index contributed by atoms with van der Waals surface area (Å²) in [6.45, 7) is 8.84. The number of hydrogen-bond donors (Lipinski definition) is 2. The average molecular weight is 429 g/mol. The summed E-state index contributed by atoms with van der Waals surface area (Å²) in [5, 5.41) is 0. The molecule has 0 aliphatic carbocycles. The third-order valence-corrected chi connectivity index (χ3v) is 7.11. The van der Waals surface area contributed by atoms with Crippen LogP contribution in [0.3, 0.4) is 0 Å². The van der Waals surface area contributed by atoms with Crippen LogP contribution in [0.15, 0.2) is 16.5 Å². The molecule has 29 heavy (non-hydrogen) atoms. The van der Waals surface area contributed by atoms with E-state index in [1.807, 2.05) is 6.92 Å². The van der Waals surface area contributed by atoms with E-state index in [0.717, 1.165) is 13.1 Å². The Kier molecular flexibility index (Phi) is 8.66. The zero-order chi connectivity index (χ0) is 21.4. The maximum absolute atomic E-state index is 12.4. The van der Waals surface area contributed by atoms with Gasteiger partial charge in [0, 0.05) is 13.1 Å². The molecule has 0 spiro atoms. The smallest absolute Gasteiger partial charge is 0.305 e. The molecule has 1 saturated heterocycles. The van der Waals surface area contributed by atoms with Gasteiger partial charge in [-0.1, -0.05) is 20.8 Å². The maximum atomic E-state index is 12.4. The molecule has 1 aromatic heterocycles. The number of carbonyl (C=O) groups excluding carboxylic acids is 2. The summed E-state index contributed by atoms with van der Waals surface area (Å²) in [5.74, 6) is -0.574. The van der Waals surface area contributed by atoms with Crippen molar-refractivity contribution in [1.29, 1.82) is 0 Å². The van der Waals surface area contributed by atoms with Gasteiger partial charge in [0.25, 0.3) is 0 Å². The molecule has 0 saturated carbocycles. The van der Waals surface area contributed by atoms with E-state index in [9.17, 15) is 18.0 Å². The Bertz CT molecular complexity index is 788. The number of furan rings is 1. The monoisotopic (exact) mass is 428 g/mol. The molecule has 2 rings (SSSR count). The van der Waals surface area contributed by atoms with Crippen LogP contribution < -0.4 is 10.9 Å². The van der Waals surface area contributed by atoms with Crippen molar-refractivity contribution in [2.24, 2.45) is 5.92 Å². The van der Waals surface area contributed by atoms with Gasteiger partial charge in [-0.15, -0.1) is 0 Å². The van der Waals surface area contributed by atoms with Crippen LogP contribution in [0, 0.1) is 5.92 Å². The molecule has 1 unspecified atom stereocenters. The van der Waals surface area contributed by atoms with Gasteiger partial charge in [-0.2, -0.15) is 0 Å². The minimum Gasteiger partial charge on any atom is -0.454 e. The van der Waals surface area contributed by atoms with Gasteiger partial charge >= 0.3 is 5.91 Å². The lowest BCUT2D eigenvalue weighted by atomic mass is 9.99. The van der Waals surface area contributed by atoms with Gasteiger partial charge in [0.05, 0.1) is 18.2 Å². The number of hydrogen-bond acceptors (Lipinski definition) is 6. The van der Waals surface area contributed by atoms with E-state index < -0.39 is 27.8 Å². The Morgan fingerprint density at radius 3 is 2.59 bits per heavy atom. The van der Waals surface area contributed by atoms with Gasteiger partial charge in [-0.05, 0) is 44.5 Å². The lowest BCUT2D eigenvalue weighted by Crippen LogP contribution is -2.50. The fourth-order valence-electron chi connectivity index (χ4n) is 3.33. The number of rotatable bonds is 9. The molecule has 0 bridgehead atoms. The molecule has 164 valence electrons. The zero-order valence-electron chi connectivity index (χ0n) is 17.4. The molecule has 2 N–H and O–H groups in total. The van der Waals surface area contributed by atoms with Crippen LogP contribution in [0.2, 0.25) is 0 Å². The molecule has 0 aromatic carbocycles. The first-order valence-corrected chi connectivity index (χ1v) is 11.8. The van der Waals surface area contributed by atoms with Crippen molar-refractivity contribution in [2.45, 2.75) is 46.6 Å². The van der Waals surface area contributed by atoms with Crippen molar-refractivity contribution in [3.63, 3.8) is 0 Å². The fraction of sp³-hybridized carbons (Fsp3) is 0.684. The Balaban J connectivity index is 1.87. The number of carbonyl (C=O) groups is 2. The van der Waals surface area contributed by atoms with E-state index in [1.54, 1.807) is 12.1 Å². The highest BCUT2D eigenvalue weighted by Crippen LogP contribution is 2.20. The van der Waals surface area contributed by atoms with Crippen LogP contribution in [0.1, 0.15) is 56.3 Å². The van der Waals surface area contributed by atoms with Crippen LogP contribution in [0.5, 0.6) is 0 Å². The molecule has 1 aliphatic rings. The molecular formula is C19H32N4O5S. The van der Waals surface area contributed by atoms with E-state index in [0.29, 0.717) is 38.1 Å². The highest BCUT2D eigenvalue weighted by atomic mass is 32.2. The van der Waals surface area contributed by atoms with Gasteiger partial charge in [-0.3, -0.25) is 25.3 Å². The predicted octanol–water partition coefficient (Wildman–Crippen LogP) is 1.33. The minimum atomic E-state index is -3.34. The number of amides is 2. The first kappa shape index (κ1) is 23.4. The number of hydrazine groups is 1.